The molecule has 1 aromatic heterocycles. The van der Waals surface area contributed by atoms with E-state index in [9.17, 15) is 4.79 Å². The minimum atomic E-state index is -0.0984. The van der Waals surface area contributed by atoms with E-state index in [1.807, 2.05) is 67.5 Å². The van der Waals surface area contributed by atoms with Crippen LogP contribution in [0.5, 0.6) is 5.75 Å². The molecule has 146 valence electrons. The monoisotopic (exact) mass is 398 g/mol. The van der Waals surface area contributed by atoms with E-state index in [0.29, 0.717) is 23.4 Å². The van der Waals surface area contributed by atoms with Crippen LogP contribution in [0, 0.1) is 0 Å². The fraction of sp³-hybridized carbons (Fsp3) is 0.250. The first-order valence-electron chi connectivity index (χ1n) is 8.69. The summed E-state index contributed by atoms with van der Waals surface area (Å²) in [6.07, 6.45) is 0. The van der Waals surface area contributed by atoms with Gasteiger partial charge in [0.25, 0.3) is 11.1 Å². The van der Waals surface area contributed by atoms with Gasteiger partial charge in [-0.05, 0) is 29.8 Å². The van der Waals surface area contributed by atoms with Crippen LogP contribution in [0.25, 0.3) is 11.5 Å². The van der Waals surface area contributed by atoms with E-state index in [0.717, 1.165) is 16.8 Å². The molecular formula is C20H22N4O3S. The summed E-state index contributed by atoms with van der Waals surface area (Å²) < 4.78 is 10.9. The quantitative estimate of drug-likeness (QED) is 0.584. The van der Waals surface area contributed by atoms with E-state index in [4.69, 9.17) is 9.15 Å². The molecule has 0 atom stereocenters. The molecule has 28 heavy (non-hydrogen) atoms. The number of para-hydroxylation sites is 1. The molecule has 0 radical (unpaired) electrons. The first kappa shape index (κ1) is 19.8. The minimum Gasteiger partial charge on any atom is -0.496 e. The molecular weight excluding hydrogens is 376 g/mol. The molecule has 0 unspecified atom stereocenters. The SMILES string of the molecule is COc1ccccc1-c1nnc(SCC(=O)NCc2ccc(N(C)C)cc2)o1. The lowest BCUT2D eigenvalue weighted by molar-refractivity contribution is -0.118. The van der Waals surface area contributed by atoms with Crippen molar-refractivity contribution in [2.24, 2.45) is 0 Å². The molecule has 7 nitrogen and oxygen atoms in total. The summed E-state index contributed by atoms with van der Waals surface area (Å²) in [5.41, 5.74) is 2.88. The number of anilines is 1. The highest BCUT2D eigenvalue weighted by molar-refractivity contribution is 7.99. The van der Waals surface area contributed by atoms with Crippen LogP contribution in [0.4, 0.5) is 5.69 Å². The Kier molecular flexibility index (Phi) is 6.54. The van der Waals surface area contributed by atoms with Crippen molar-refractivity contribution in [1.29, 1.82) is 0 Å². The van der Waals surface area contributed by atoms with Gasteiger partial charge in [0.2, 0.25) is 5.91 Å². The second-order valence-electron chi connectivity index (χ2n) is 6.20. The number of methoxy groups -OCH3 is 1. The molecule has 1 N–H and O–H groups in total. The standard InChI is InChI=1S/C20H22N4O3S/c1-24(2)15-10-8-14(9-11-15)12-21-18(25)13-28-20-23-22-19(27-20)16-6-4-5-7-17(16)26-3/h4-11H,12-13H2,1-3H3,(H,21,25). The maximum absolute atomic E-state index is 12.1. The van der Waals surface area contributed by atoms with Crippen molar-refractivity contribution < 1.29 is 13.9 Å². The summed E-state index contributed by atoms with van der Waals surface area (Å²) in [4.78, 5) is 14.1. The minimum absolute atomic E-state index is 0.0984. The zero-order chi connectivity index (χ0) is 19.9. The summed E-state index contributed by atoms with van der Waals surface area (Å²) in [7, 11) is 5.57. The third-order valence-corrected chi connectivity index (χ3v) is 4.83. The summed E-state index contributed by atoms with van der Waals surface area (Å²) in [6.45, 7) is 0.476. The Hall–Kier alpha value is -3.00. The van der Waals surface area contributed by atoms with Crippen LogP contribution >= 0.6 is 11.8 Å². The molecule has 0 spiro atoms. The Morgan fingerprint density at radius 1 is 1.14 bits per heavy atom. The lowest BCUT2D eigenvalue weighted by atomic mass is 10.2. The van der Waals surface area contributed by atoms with Crippen LogP contribution in [0.2, 0.25) is 0 Å². The molecule has 0 aliphatic heterocycles. The van der Waals surface area contributed by atoms with Gasteiger partial charge in [-0.1, -0.05) is 36.0 Å². The van der Waals surface area contributed by atoms with E-state index in [-0.39, 0.29) is 11.7 Å². The molecule has 3 aromatic rings. The molecule has 1 heterocycles. The molecule has 3 rings (SSSR count). The van der Waals surface area contributed by atoms with Gasteiger partial charge in [-0.3, -0.25) is 4.79 Å². The second-order valence-corrected chi connectivity index (χ2v) is 7.13. The number of nitrogens with zero attached hydrogens (tertiary/aromatic N) is 3. The number of thioether (sulfide) groups is 1. The van der Waals surface area contributed by atoms with E-state index in [1.165, 1.54) is 11.8 Å². The molecule has 0 aliphatic rings. The normalized spacial score (nSPS) is 10.5. The van der Waals surface area contributed by atoms with E-state index >= 15 is 0 Å². The maximum Gasteiger partial charge on any atom is 0.277 e. The van der Waals surface area contributed by atoms with Crippen LogP contribution in [0.1, 0.15) is 5.56 Å². The first-order chi connectivity index (χ1) is 13.6. The molecule has 0 fully saturated rings. The van der Waals surface area contributed by atoms with Gasteiger partial charge in [-0.2, -0.15) is 0 Å². The van der Waals surface area contributed by atoms with Gasteiger partial charge in [0.05, 0.1) is 18.4 Å². The van der Waals surface area contributed by atoms with Crippen LogP contribution in [-0.2, 0) is 11.3 Å². The van der Waals surface area contributed by atoms with Crippen molar-refractivity contribution in [2.45, 2.75) is 11.8 Å². The first-order valence-corrected chi connectivity index (χ1v) is 9.68. The largest absolute Gasteiger partial charge is 0.496 e. The highest BCUT2D eigenvalue weighted by Crippen LogP contribution is 2.30. The average molecular weight is 398 g/mol. The molecule has 2 aromatic carbocycles. The highest BCUT2D eigenvalue weighted by atomic mass is 32.2. The van der Waals surface area contributed by atoms with Gasteiger partial charge in [-0.25, -0.2) is 0 Å². The number of ether oxygens (including phenoxy) is 1. The van der Waals surface area contributed by atoms with Crippen molar-refractivity contribution in [3.63, 3.8) is 0 Å². The van der Waals surface area contributed by atoms with Crippen molar-refractivity contribution >= 4 is 23.4 Å². The van der Waals surface area contributed by atoms with E-state index < -0.39 is 0 Å². The zero-order valence-electron chi connectivity index (χ0n) is 16.0. The second kappa shape index (κ2) is 9.27. The molecule has 0 saturated carbocycles. The van der Waals surface area contributed by atoms with Crippen molar-refractivity contribution in [3.05, 3.63) is 54.1 Å². The van der Waals surface area contributed by atoms with Crippen LogP contribution in [0.3, 0.4) is 0 Å². The van der Waals surface area contributed by atoms with Crippen LogP contribution < -0.4 is 15.0 Å². The Labute approximate surface area is 168 Å². The smallest absolute Gasteiger partial charge is 0.277 e. The van der Waals surface area contributed by atoms with Crippen molar-refractivity contribution in [3.8, 4) is 17.2 Å². The van der Waals surface area contributed by atoms with Gasteiger partial charge in [0.1, 0.15) is 5.75 Å². The Bertz CT molecular complexity index is 925. The summed E-state index contributed by atoms with van der Waals surface area (Å²) in [6, 6.07) is 15.4. The fourth-order valence-electron chi connectivity index (χ4n) is 2.49. The maximum atomic E-state index is 12.1. The predicted molar refractivity (Wildman–Crippen MR) is 110 cm³/mol. The number of amides is 1. The molecule has 0 aliphatic carbocycles. The van der Waals surface area contributed by atoms with Gasteiger partial charge in [-0.15, -0.1) is 10.2 Å². The average Bonchev–Trinajstić information content (AvgIpc) is 3.20. The topological polar surface area (TPSA) is 80.5 Å². The number of carbonyl (C=O) groups excluding carboxylic acids is 1. The van der Waals surface area contributed by atoms with Crippen molar-refractivity contribution in [1.82, 2.24) is 15.5 Å². The van der Waals surface area contributed by atoms with Gasteiger partial charge in [0.15, 0.2) is 0 Å². The fourth-order valence-corrected chi connectivity index (χ4v) is 3.08. The van der Waals surface area contributed by atoms with Crippen LogP contribution in [-0.4, -0.2) is 43.1 Å². The summed E-state index contributed by atoms with van der Waals surface area (Å²) >= 11 is 1.20. The Morgan fingerprint density at radius 3 is 2.61 bits per heavy atom. The summed E-state index contributed by atoms with van der Waals surface area (Å²) in [5, 5.41) is 11.3. The lowest BCUT2D eigenvalue weighted by Gasteiger charge is -2.12. The lowest BCUT2D eigenvalue weighted by Crippen LogP contribution is -2.24. The van der Waals surface area contributed by atoms with Crippen molar-refractivity contribution in [2.75, 3.05) is 31.9 Å². The number of carbonyl (C=O) groups is 1. The van der Waals surface area contributed by atoms with Gasteiger partial charge >= 0.3 is 0 Å². The van der Waals surface area contributed by atoms with E-state index in [1.54, 1.807) is 7.11 Å². The van der Waals surface area contributed by atoms with Gasteiger partial charge in [0, 0.05) is 26.3 Å². The molecule has 0 saturated heterocycles. The van der Waals surface area contributed by atoms with Crippen LogP contribution in [0.15, 0.2) is 58.2 Å². The Morgan fingerprint density at radius 2 is 1.89 bits per heavy atom. The number of rotatable bonds is 8. The predicted octanol–water partition coefficient (Wildman–Crippen LogP) is 3.22. The summed E-state index contributed by atoms with van der Waals surface area (Å²) in [5.74, 6) is 1.12. The Balaban J connectivity index is 1.50. The zero-order valence-corrected chi connectivity index (χ0v) is 16.8. The third kappa shape index (κ3) is 5.04. The third-order valence-electron chi connectivity index (χ3n) is 4.01. The molecule has 8 heteroatoms. The molecule has 1 amide bonds. The number of aromatic nitrogens is 2. The van der Waals surface area contributed by atoms with Gasteiger partial charge < -0.3 is 19.4 Å². The number of nitrogens with one attached hydrogen (secondary N) is 1. The number of hydrogen-bond donors (Lipinski definition) is 1. The number of hydrogen-bond acceptors (Lipinski definition) is 7. The molecule has 0 bridgehead atoms. The van der Waals surface area contributed by atoms with E-state index in [2.05, 4.69) is 15.5 Å². The number of benzene rings is 2. The highest BCUT2D eigenvalue weighted by Gasteiger charge is 2.14.